The molecular formula is C19H24N4O4S. The first-order valence-electron chi connectivity index (χ1n) is 9.42. The normalized spacial score (nSPS) is 11.2. The van der Waals surface area contributed by atoms with E-state index in [0.717, 1.165) is 24.1 Å². The highest BCUT2D eigenvalue weighted by Crippen LogP contribution is 2.18. The second-order valence-corrected chi connectivity index (χ2v) is 7.89. The Kier molecular flexibility index (Phi) is 6.13. The topological polar surface area (TPSA) is 99.0 Å². The number of ether oxygens (including phenoxy) is 1. The lowest BCUT2D eigenvalue weighted by atomic mass is 10.3. The van der Waals surface area contributed by atoms with Crippen molar-refractivity contribution in [3.05, 3.63) is 48.5 Å². The molecule has 3 aromatic rings. The second kappa shape index (κ2) is 8.55. The van der Waals surface area contributed by atoms with Crippen LogP contribution in [-0.4, -0.2) is 25.1 Å². The van der Waals surface area contributed by atoms with E-state index < -0.39 is 17.2 Å². The Morgan fingerprint density at radius 1 is 1.18 bits per heavy atom. The molecule has 0 amide bonds. The van der Waals surface area contributed by atoms with Gasteiger partial charge in [-0.3, -0.25) is 14.3 Å². The molecule has 0 radical (unpaired) electrons. The first kappa shape index (κ1) is 20.1. The minimum atomic E-state index is -0.472. The molecule has 0 aliphatic rings. The number of fused-ring (bicyclic) bond motifs is 1. The molecule has 0 aliphatic carbocycles. The van der Waals surface area contributed by atoms with Gasteiger partial charge < -0.3 is 9.30 Å². The lowest BCUT2D eigenvalue weighted by Gasteiger charge is -2.08. The summed E-state index contributed by atoms with van der Waals surface area (Å²) in [5, 5.41) is 0. The number of carbonyl (C=O) groups is 1. The quantitative estimate of drug-likeness (QED) is 0.582. The molecule has 3 heterocycles. The summed E-state index contributed by atoms with van der Waals surface area (Å²) in [4.78, 5) is 45.4. The number of aromatic amines is 1. The summed E-state index contributed by atoms with van der Waals surface area (Å²) < 4.78 is 8.65. The number of rotatable bonds is 8. The first-order chi connectivity index (χ1) is 13.5. The molecule has 1 N–H and O–H groups in total. The van der Waals surface area contributed by atoms with Crippen LogP contribution in [0, 0.1) is 6.92 Å². The maximum absolute atomic E-state index is 12.5. The number of hydrogen-bond acceptors (Lipinski definition) is 6. The predicted molar refractivity (Wildman–Crippen MR) is 108 cm³/mol. The monoisotopic (exact) mass is 404 g/mol. The van der Waals surface area contributed by atoms with Crippen molar-refractivity contribution in [3.63, 3.8) is 0 Å². The fraction of sp³-hybridized carbons (Fsp3) is 0.474. The van der Waals surface area contributed by atoms with Gasteiger partial charge in [0.1, 0.15) is 17.3 Å². The zero-order chi connectivity index (χ0) is 20.3. The number of unbranched alkanes of at least 4 members (excludes halogenated alkanes) is 1. The van der Waals surface area contributed by atoms with Gasteiger partial charge in [-0.15, -0.1) is 11.3 Å². The third-order valence-electron chi connectivity index (χ3n) is 4.42. The van der Waals surface area contributed by atoms with Crippen molar-refractivity contribution in [1.82, 2.24) is 19.1 Å². The van der Waals surface area contributed by atoms with E-state index in [4.69, 9.17) is 4.74 Å². The van der Waals surface area contributed by atoms with Crippen LogP contribution in [0.5, 0.6) is 0 Å². The highest BCUT2D eigenvalue weighted by Gasteiger charge is 2.19. The van der Waals surface area contributed by atoms with E-state index in [0.29, 0.717) is 35.0 Å². The van der Waals surface area contributed by atoms with Crippen LogP contribution in [0.2, 0.25) is 0 Å². The lowest BCUT2D eigenvalue weighted by molar-refractivity contribution is 0.0464. The Morgan fingerprint density at radius 3 is 2.61 bits per heavy atom. The largest absolute Gasteiger partial charge is 0.453 e. The summed E-state index contributed by atoms with van der Waals surface area (Å²) in [6.45, 7) is 6.88. The summed E-state index contributed by atoms with van der Waals surface area (Å²) in [5.41, 5.74) is -0.255. The second-order valence-electron chi connectivity index (χ2n) is 6.60. The Balaban J connectivity index is 2.00. The van der Waals surface area contributed by atoms with Crippen LogP contribution in [0.4, 0.5) is 0 Å². The number of imidazole rings is 1. The maximum Gasteiger partial charge on any atom is 0.348 e. The van der Waals surface area contributed by atoms with E-state index in [2.05, 4.69) is 9.97 Å². The van der Waals surface area contributed by atoms with E-state index in [-0.39, 0.29) is 6.61 Å². The highest BCUT2D eigenvalue weighted by atomic mass is 32.1. The molecule has 3 rings (SSSR count). The average Bonchev–Trinajstić information content (AvgIpc) is 3.24. The smallest absolute Gasteiger partial charge is 0.348 e. The van der Waals surface area contributed by atoms with Crippen LogP contribution in [0.25, 0.3) is 11.2 Å². The van der Waals surface area contributed by atoms with Gasteiger partial charge in [-0.2, -0.15) is 0 Å². The van der Waals surface area contributed by atoms with Crippen LogP contribution in [0.1, 0.15) is 53.5 Å². The molecule has 8 nitrogen and oxygen atoms in total. The van der Waals surface area contributed by atoms with Gasteiger partial charge in [-0.05, 0) is 31.9 Å². The lowest BCUT2D eigenvalue weighted by Crippen LogP contribution is -2.31. The number of thiophene rings is 1. The van der Waals surface area contributed by atoms with Crippen LogP contribution in [-0.2, 0) is 24.4 Å². The Bertz CT molecular complexity index is 1110. The van der Waals surface area contributed by atoms with E-state index in [9.17, 15) is 14.4 Å². The van der Waals surface area contributed by atoms with Crippen molar-refractivity contribution in [2.45, 2.75) is 59.7 Å². The molecule has 0 aromatic carbocycles. The summed E-state index contributed by atoms with van der Waals surface area (Å²) in [6, 6.07) is 3.59. The van der Waals surface area contributed by atoms with Crippen LogP contribution < -0.4 is 11.2 Å². The molecule has 0 aliphatic heterocycles. The summed E-state index contributed by atoms with van der Waals surface area (Å²) in [6.07, 6.45) is 2.47. The van der Waals surface area contributed by atoms with Gasteiger partial charge in [0.05, 0.1) is 0 Å². The average molecular weight is 404 g/mol. The SMILES string of the molecule is CCCCn1c(=O)[nH]c(=O)c2c1nc(COC(=O)c1ccc(C)s1)n2CCC. The van der Waals surface area contributed by atoms with E-state index in [1.54, 1.807) is 10.6 Å². The van der Waals surface area contributed by atoms with Gasteiger partial charge in [-0.25, -0.2) is 14.6 Å². The Morgan fingerprint density at radius 2 is 1.96 bits per heavy atom. The molecule has 0 saturated heterocycles. The molecule has 0 bridgehead atoms. The molecular weight excluding hydrogens is 380 g/mol. The maximum atomic E-state index is 12.5. The number of hydrogen-bond donors (Lipinski definition) is 1. The molecule has 150 valence electrons. The zero-order valence-electron chi connectivity index (χ0n) is 16.3. The standard InChI is InChI=1S/C19H24N4O4S/c1-4-6-10-23-16-15(17(24)21-19(23)26)22(9-5-2)14(20-16)11-27-18(25)13-8-7-12(3)28-13/h7-8H,4-6,9-11H2,1-3H3,(H,21,24,26). The summed E-state index contributed by atoms with van der Waals surface area (Å²) >= 11 is 1.36. The van der Waals surface area contributed by atoms with Crippen molar-refractivity contribution in [1.29, 1.82) is 0 Å². The molecule has 0 fully saturated rings. The summed E-state index contributed by atoms with van der Waals surface area (Å²) in [7, 11) is 0. The van der Waals surface area contributed by atoms with Gasteiger partial charge in [0, 0.05) is 18.0 Å². The van der Waals surface area contributed by atoms with Gasteiger partial charge in [-0.1, -0.05) is 20.3 Å². The van der Waals surface area contributed by atoms with Crippen LogP contribution >= 0.6 is 11.3 Å². The fourth-order valence-corrected chi connectivity index (χ4v) is 3.82. The third-order valence-corrected chi connectivity index (χ3v) is 5.40. The number of nitrogens with one attached hydrogen (secondary N) is 1. The number of aryl methyl sites for hydroxylation is 3. The first-order valence-corrected chi connectivity index (χ1v) is 10.2. The minimum Gasteiger partial charge on any atom is -0.453 e. The predicted octanol–water partition coefficient (Wildman–Crippen LogP) is 2.82. The molecule has 0 atom stereocenters. The minimum absolute atomic E-state index is 0.0636. The number of aromatic nitrogens is 4. The van der Waals surface area contributed by atoms with Crippen LogP contribution in [0.3, 0.4) is 0 Å². The number of carbonyl (C=O) groups excluding carboxylic acids is 1. The molecule has 28 heavy (non-hydrogen) atoms. The number of nitrogens with zero attached hydrogens (tertiary/aromatic N) is 3. The highest BCUT2D eigenvalue weighted by molar-refractivity contribution is 7.13. The van der Waals surface area contributed by atoms with E-state index >= 15 is 0 Å². The van der Waals surface area contributed by atoms with Gasteiger partial charge >= 0.3 is 11.7 Å². The molecule has 0 unspecified atom stereocenters. The van der Waals surface area contributed by atoms with Gasteiger partial charge in [0.2, 0.25) is 0 Å². The number of H-pyrrole nitrogens is 1. The Labute approximate surface area is 165 Å². The van der Waals surface area contributed by atoms with Crippen molar-refractivity contribution in [2.75, 3.05) is 0 Å². The fourth-order valence-electron chi connectivity index (χ4n) is 3.06. The molecule has 9 heteroatoms. The van der Waals surface area contributed by atoms with Crippen molar-refractivity contribution in [3.8, 4) is 0 Å². The van der Waals surface area contributed by atoms with Crippen molar-refractivity contribution < 1.29 is 9.53 Å². The van der Waals surface area contributed by atoms with Gasteiger partial charge in [0.15, 0.2) is 11.2 Å². The van der Waals surface area contributed by atoms with Crippen LogP contribution in [0.15, 0.2) is 21.7 Å². The molecule has 0 spiro atoms. The molecule has 3 aromatic heterocycles. The summed E-state index contributed by atoms with van der Waals surface area (Å²) in [5.74, 6) is 0.0327. The van der Waals surface area contributed by atoms with Crippen molar-refractivity contribution >= 4 is 28.5 Å². The van der Waals surface area contributed by atoms with E-state index in [1.165, 1.54) is 15.9 Å². The van der Waals surface area contributed by atoms with E-state index in [1.807, 2.05) is 26.8 Å². The molecule has 0 saturated carbocycles. The zero-order valence-corrected chi connectivity index (χ0v) is 17.1. The Hall–Kier alpha value is -2.68. The third kappa shape index (κ3) is 3.94. The van der Waals surface area contributed by atoms with Crippen molar-refractivity contribution in [2.24, 2.45) is 0 Å². The number of esters is 1. The van der Waals surface area contributed by atoms with Gasteiger partial charge in [0.25, 0.3) is 5.56 Å².